The summed E-state index contributed by atoms with van der Waals surface area (Å²) in [6.45, 7) is 2.02. The molecule has 0 saturated carbocycles. The van der Waals surface area contributed by atoms with Gasteiger partial charge >= 0.3 is 5.97 Å². The topological polar surface area (TPSA) is 107 Å². The summed E-state index contributed by atoms with van der Waals surface area (Å²) >= 11 is 0. The van der Waals surface area contributed by atoms with Crippen LogP contribution in [-0.2, 0) is 9.53 Å². The Bertz CT molecular complexity index is 551. The summed E-state index contributed by atoms with van der Waals surface area (Å²) in [4.78, 5) is 10.4. The number of carboxylic acids is 1. The van der Waals surface area contributed by atoms with E-state index in [0.717, 1.165) is 6.42 Å². The van der Waals surface area contributed by atoms with Crippen LogP contribution < -0.4 is 0 Å². The normalized spacial score (nSPS) is 25.5. The van der Waals surface area contributed by atoms with Gasteiger partial charge in [0.25, 0.3) is 0 Å². The smallest absolute Gasteiger partial charge is 0.303 e. The van der Waals surface area contributed by atoms with Gasteiger partial charge < -0.3 is 25.2 Å². The van der Waals surface area contributed by atoms with Gasteiger partial charge in [0.1, 0.15) is 0 Å². The highest BCUT2D eigenvalue weighted by Crippen LogP contribution is 2.26. The molecular formula is C22H34O6. The summed E-state index contributed by atoms with van der Waals surface area (Å²) < 4.78 is 5.76. The molecule has 0 unspecified atom stereocenters. The van der Waals surface area contributed by atoms with Crippen LogP contribution in [0.4, 0.5) is 0 Å². The lowest BCUT2D eigenvalue weighted by Gasteiger charge is -2.16. The standard InChI is InChI=1S/C22H34O6/c1-2-3-8-11-17(23)14-15-18(24)21-16-19(25)20(28-21)12-9-6-4-5-7-10-13-22(26)27/h3,5-9,14-15,17-21,23-25H,2,4,10-13,16H2,1H3,(H,26,27)/b7-5-,8-3-,9-6-,15-14+/t17-,18+,19+,20+,21+/m1/s1. The number of aliphatic hydroxyl groups is 3. The van der Waals surface area contributed by atoms with Crippen LogP contribution in [0.25, 0.3) is 0 Å². The number of aliphatic carboxylic acids is 1. The predicted octanol–water partition coefficient (Wildman–Crippen LogP) is 2.90. The van der Waals surface area contributed by atoms with Crippen LogP contribution in [0, 0.1) is 0 Å². The van der Waals surface area contributed by atoms with Gasteiger partial charge in [0.15, 0.2) is 0 Å². The number of hydrogen-bond donors (Lipinski definition) is 4. The third-order valence-corrected chi connectivity index (χ3v) is 4.44. The summed E-state index contributed by atoms with van der Waals surface area (Å²) in [7, 11) is 0. The fraction of sp³-hybridized carbons (Fsp3) is 0.591. The summed E-state index contributed by atoms with van der Waals surface area (Å²) in [6, 6.07) is 0. The number of ether oxygens (including phenoxy) is 1. The second kappa shape index (κ2) is 14.3. The molecule has 0 aromatic carbocycles. The Morgan fingerprint density at radius 2 is 1.86 bits per heavy atom. The molecule has 0 amide bonds. The van der Waals surface area contributed by atoms with Gasteiger partial charge in [-0.05, 0) is 32.1 Å². The Hall–Kier alpha value is -1.73. The van der Waals surface area contributed by atoms with Crippen molar-refractivity contribution in [2.75, 3.05) is 0 Å². The van der Waals surface area contributed by atoms with E-state index in [1.54, 1.807) is 6.08 Å². The molecule has 1 fully saturated rings. The zero-order valence-corrected chi connectivity index (χ0v) is 16.6. The molecule has 0 spiro atoms. The molecule has 158 valence electrons. The van der Waals surface area contributed by atoms with Gasteiger partial charge in [0.2, 0.25) is 0 Å². The van der Waals surface area contributed by atoms with Crippen molar-refractivity contribution in [1.82, 2.24) is 0 Å². The average molecular weight is 395 g/mol. The van der Waals surface area contributed by atoms with E-state index in [4.69, 9.17) is 9.84 Å². The molecule has 0 bridgehead atoms. The number of rotatable bonds is 13. The monoisotopic (exact) mass is 394 g/mol. The molecule has 6 nitrogen and oxygen atoms in total. The zero-order chi connectivity index (χ0) is 20.8. The maximum Gasteiger partial charge on any atom is 0.303 e. The number of aliphatic hydroxyl groups excluding tert-OH is 3. The first-order valence-corrected chi connectivity index (χ1v) is 9.98. The Labute approximate surface area is 167 Å². The molecule has 0 radical (unpaired) electrons. The van der Waals surface area contributed by atoms with Crippen molar-refractivity contribution in [2.24, 2.45) is 0 Å². The molecule has 1 aliphatic rings. The molecule has 28 heavy (non-hydrogen) atoms. The van der Waals surface area contributed by atoms with E-state index in [9.17, 15) is 20.1 Å². The third-order valence-electron chi connectivity index (χ3n) is 4.44. The van der Waals surface area contributed by atoms with E-state index in [1.165, 1.54) is 6.08 Å². The molecule has 0 aromatic rings. The lowest BCUT2D eigenvalue weighted by Crippen LogP contribution is -2.24. The first kappa shape index (κ1) is 24.3. The first-order chi connectivity index (χ1) is 13.4. The Morgan fingerprint density at radius 3 is 2.57 bits per heavy atom. The maximum atomic E-state index is 10.4. The van der Waals surface area contributed by atoms with Crippen molar-refractivity contribution in [3.05, 3.63) is 48.6 Å². The highest BCUT2D eigenvalue weighted by molar-refractivity contribution is 5.66. The summed E-state index contributed by atoms with van der Waals surface area (Å²) in [5, 5.41) is 38.7. The number of allylic oxidation sites excluding steroid dienone is 4. The lowest BCUT2D eigenvalue weighted by atomic mass is 10.0. The van der Waals surface area contributed by atoms with Gasteiger partial charge in [0.05, 0.1) is 30.5 Å². The second-order valence-corrected chi connectivity index (χ2v) is 6.92. The Kier molecular flexibility index (Phi) is 12.4. The van der Waals surface area contributed by atoms with Crippen molar-refractivity contribution in [3.63, 3.8) is 0 Å². The van der Waals surface area contributed by atoms with Crippen LogP contribution in [0.15, 0.2) is 48.6 Å². The van der Waals surface area contributed by atoms with Gasteiger partial charge in [-0.25, -0.2) is 0 Å². The molecule has 0 aromatic heterocycles. The molecule has 1 saturated heterocycles. The first-order valence-electron chi connectivity index (χ1n) is 9.98. The van der Waals surface area contributed by atoms with E-state index in [-0.39, 0.29) is 12.5 Å². The number of carboxylic acid groups (broad SMARTS) is 1. The van der Waals surface area contributed by atoms with Crippen LogP contribution in [0.1, 0.15) is 51.9 Å². The highest BCUT2D eigenvalue weighted by Gasteiger charge is 2.36. The molecule has 1 aliphatic heterocycles. The average Bonchev–Trinajstić information content (AvgIpc) is 3.02. The van der Waals surface area contributed by atoms with E-state index >= 15 is 0 Å². The highest BCUT2D eigenvalue weighted by atomic mass is 16.5. The molecule has 1 rings (SSSR count). The van der Waals surface area contributed by atoms with Crippen LogP contribution >= 0.6 is 0 Å². The minimum absolute atomic E-state index is 0.132. The molecular weight excluding hydrogens is 360 g/mol. The summed E-state index contributed by atoms with van der Waals surface area (Å²) in [5.74, 6) is -0.804. The third kappa shape index (κ3) is 10.6. The van der Waals surface area contributed by atoms with Gasteiger partial charge in [-0.3, -0.25) is 4.79 Å². The Balaban J connectivity index is 2.32. The van der Waals surface area contributed by atoms with Crippen molar-refractivity contribution in [2.45, 2.75) is 82.4 Å². The van der Waals surface area contributed by atoms with Crippen LogP contribution in [0.5, 0.6) is 0 Å². The van der Waals surface area contributed by atoms with E-state index < -0.39 is 30.4 Å². The van der Waals surface area contributed by atoms with Crippen molar-refractivity contribution >= 4 is 5.97 Å². The number of carbonyl (C=O) groups is 1. The summed E-state index contributed by atoms with van der Waals surface area (Å²) in [5.41, 5.74) is 0. The summed E-state index contributed by atoms with van der Waals surface area (Å²) in [6.07, 6.45) is 15.2. The number of hydrogen-bond acceptors (Lipinski definition) is 5. The largest absolute Gasteiger partial charge is 0.481 e. The van der Waals surface area contributed by atoms with Gasteiger partial charge in [-0.15, -0.1) is 0 Å². The van der Waals surface area contributed by atoms with Gasteiger partial charge in [-0.2, -0.15) is 0 Å². The fourth-order valence-corrected chi connectivity index (χ4v) is 2.87. The molecule has 4 N–H and O–H groups in total. The van der Waals surface area contributed by atoms with Crippen LogP contribution in [0.3, 0.4) is 0 Å². The van der Waals surface area contributed by atoms with Crippen LogP contribution in [-0.4, -0.2) is 56.9 Å². The molecule has 0 aliphatic carbocycles. The minimum atomic E-state index is -0.870. The minimum Gasteiger partial charge on any atom is -0.481 e. The fourth-order valence-electron chi connectivity index (χ4n) is 2.87. The zero-order valence-electron chi connectivity index (χ0n) is 16.6. The Morgan fingerprint density at radius 1 is 1.11 bits per heavy atom. The predicted molar refractivity (Wildman–Crippen MR) is 109 cm³/mol. The van der Waals surface area contributed by atoms with Crippen molar-refractivity contribution in [1.29, 1.82) is 0 Å². The second-order valence-electron chi connectivity index (χ2n) is 6.92. The van der Waals surface area contributed by atoms with Gasteiger partial charge in [0, 0.05) is 12.8 Å². The molecule has 1 heterocycles. The lowest BCUT2D eigenvalue weighted by molar-refractivity contribution is -0.136. The quantitative estimate of drug-likeness (QED) is 0.358. The molecule has 6 heteroatoms. The molecule has 5 atom stereocenters. The van der Waals surface area contributed by atoms with Crippen LogP contribution in [0.2, 0.25) is 0 Å². The van der Waals surface area contributed by atoms with E-state index in [0.29, 0.717) is 32.1 Å². The van der Waals surface area contributed by atoms with Crippen molar-refractivity contribution < 1.29 is 30.0 Å². The van der Waals surface area contributed by atoms with E-state index in [2.05, 4.69) is 0 Å². The maximum absolute atomic E-state index is 10.4. The van der Waals surface area contributed by atoms with Gasteiger partial charge in [-0.1, -0.05) is 55.5 Å². The van der Waals surface area contributed by atoms with E-state index in [1.807, 2.05) is 43.4 Å². The SMILES string of the molecule is CC/C=C\C[C@@H](O)/C=C/[C@H](O)[C@@H]1C[C@H](O)[C@H](C/C=C\C/C=C\CCC(=O)O)O1. The van der Waals surface area contributed by atoms with Crippen molar-refractivity contribution in [3.8, 4) is 0 Å².